The molecule has 0 rings (SSSR count). The van der Waals surface area contributed by atoms with Crippen molar-refractivity contribution in [1.29, 1.82) is 0 Å². The van der Waals surface area contributed by atoms with Crippen LogP contribution in [0.5, 0.6) is 0 Å². The van der Waals surface area contributed by atoms with Crippen LogP contribution in [0.25, 0.3) is 0 Å². The molecule has 0 unspecified atom stereocenters. The van der Waals surface area contributed by atoms with Gasteiger partial charge in [0.05, 0.1) is 25.2 Å². The minimum atomic E-state index is -1.44. The van der Waals surface area contributed by atoms with Crippen molar-refractivity contribution in [2.24, 2.45) is 0 Å². The van der Waals surface area contributed by atoms with E-state index < -0.39 is 25.2 Å². The zero-order chi connectivity index (χ0) is 21.2. The second-order valence-corrected chi connectivity index (χ2v) is 8.89. The molecule has 0 aliphatic rings. The van der Waals surface area contributed by atoms with Gasteiger partial charge in [0.15, 0.2) is 0 Å². The number of aliphatic carboxylic acids is 2. The number of unbranched alkanes of at least 4 members (excludes halogenated alkanes) is 2. The molecule has 26 heavy (non-hydrogen) atoms. The minimum absolute atomic E-state index is 0.149. The summed E-state index contributed by atoms with van der Waals surface area (Å²) in [4.78, 5) is 27.9. The van der Waals surface area contributed by atoms with Crippen LogP contribution in [-0.4, -0.2) is 69.1 Å². The Morgan fingerprint density at radius 1 is 1.00 bits per heavy atom. The quantitative estimate of drug-likeness (QED) is 0.180. The van der Waals surface area contributed by atoms with Crippen molar-refractivity contribution >= 4 is 39.1 Å². The van der Waals surface area contributed by atoms with Crippen molar-refractivity contribution in [3.05, 3.63) is 12.7 Å². The number of hydrogen-bond acceptors (Lipinski definition) is 8. The van der Waals surface area contributed by atoms with Gasteiger partial charge in [-0.2, -0.15) is 0 Å². The zero-order valence-corrected chi connectivity index (χ0v) is 18.8. The number of aliphatic hydroxyl groups excluding tert-OH is 2. The Morgan fingerprint density at radius 3 is 1.50 bits per heavy atom. The van der Waals surface area contributed by atoms with Gasteiger partial charge in [0.1, 0.15) is 6.61 Å². The molecule has 0 aromatic rings. The molecule has 0 aliphatic heterocycles. The van der Waals surface area contributed by atoms with Crippen LogP contribution >= 0.6 is 0 Å². The van der Waals surface area contributed by atoms with Crippen molar-refractivity contribution < 1.29 is 39.5 Å². The molecule has 0 aliphatic carbocycles. The van der Waals surface area contributed by atoms with E-state index in [4.69, 9.17) is 30.0 Å². The molecule has 0 saturated heterocycles. The van der Waals surface area contributed by atoms with Gasteiger partial charge in [0.2, 0.25) is 0 Å². The predicted molar refractivity (Wildman–Crippen MR) is 96.2 cm³/mol. The summed E-state index contributed by atoms with van der Waals surface area (Å²) in [6.07, 6.45) is 7.37. The number of carbonyl (C=O) groups is 3. The summed E-state index contributed by atoms with van der Waals surface area (Å²) in [5.41, 5.74) is 0. The van der Waals surface area contributed by atoms with Crippen LogP contribution in [0.15, 0.2) is 12.7 Å². The standard InChI is InChI=1S/C5H8O2.2C4H9.2C2H4O3.Sn/c1-3-4-7-5(2)6;2*1-3-4-2;2*3-1-2(4)5;/h3H,1,4H2,2H3;2*1,3-4H2,2H3;2*3H,1H2,(H,4,5);/q;;;;;+2/p-2. The summed E-state index contributed by atoms with van der Waals surface area (Å²) in [7, 11) is 0. The summed E-state index contributed by atoms with van der Waals surface area (Å²) in [5.74, 6) is -3.14. The molecular weight excluding hydrogens is 451 g/mol. The first-order chi connectivity index (χ1) is 12.2. The van der Waals surface area contributed by atoms with Gasteiger partial charge in [-0.3, -0.25) is 4.79 Å². The first-order valence-corrected chi connectivity index (χ1v) is 12.3. The molecule has 0 fully saturated rings. The number of carboxylic acid groups (broad SMARTS) is 2. The SMILES string of the molecule is C=CCOC(C)=O.CCC[CH2][Sn+2][CH2]CCC.O=C([O-])CO.O=C([O-])CO. The minimum Gasteiger partial charge on any atom is -0.548 e. The molecule has 0 spiro atoms. The molecule has 0 bridgehead atoms. The van der Waals surface area contributed by atoms with Crippen molar-refractivity contribution in [1.82, 2.24) is 0 Å². The van der Waals surface area contributed by atoms with Gasteiger partial charge in [-0.1, -0.05) is 12.7 Å². The maximum Gasteiger partial charge on any atom is 0.0826 e. The van der Waals surface area contributed by atoms with Crippen LogP contribution < -0.4 is 10.2 Å². The molecule has 9 heteroatoms. The molecule has 0 radical (unpaired) electrons. The zero-order valence-electron chi connectivity index (χ0n) is 16.0. The van der Waals surface area contributed by atoms with Crippen LogP contribution in [0.2, 0.25) is 8.87 Å². The van der Waals surface area contributed by atoms with Crippen molar-refractivity contribution in [3.8, 4) is 0 Å². The maximum absolute atomic E-state index is 9.93. The van der Waals surface area contributed by atoms with Crippen LogP contribution in [-0.2, 0) is 19.1 Å². The second-order valence-electron chi connectivity index (χ2n) is 4.61. The van der Waals surface area contributed by atoms with Gasteiger partial charge in [0, 0.05) is 6.92 Å². The molecule has 0 aromatic carbocycles. The Balaban J connectivity index is -0.000000128. The van der Waals surface area contributed by atoms with E-state index in [0.29, 0.717) is 6.61 Å². The van der Waals surface area contributed by atoms with E-state index in [9.17, 15) is 4.79 Å². The van der Waals surface area contributed by atoms with E-state index in [1.165, 1.54) is 38.7 Å². The smallest absolute Gasteiger partial charge is 0.0826 e. The Kier molecular flexibility index (Phi) is 39.6. The third-order valence-electron chi connectivity index (χ3n) is 2.08. The normalized spacial score (nSPS) is 8.04. The number of hydrogen-bond donors (Lipinski definition) is 2. The number of rotatable bonds is 10. The topological polar surface area (TPSA) is 147 Å². The van der Waals surface area contributed by atoms with Crippen molar-refractivity contribution in [2.75, 3.05) is 19.8 Å². The molecular formula is C17H32O8Sn. The molecule has 0 amide bonds. The van der Waals surface area contributed by atoms with E-state index in [1.54, 1.807) is 8.87 Å². The van der Waals surface area contributed by atoms with Gasteiger partial charge in [-0.15, -0.1) is 0 Å². The fourth-order valence-electron chi connectivity index (χ4n) is 0.905. The van der Waals surface area contributed by atoms with Gasteiger partial charge >= 0.3 is 75.5 Å². The Labute approximate surface area is 166 Å². The number of esters is 1. The van der Waals surface area contributed by atoms with E-state index in [1.807, 2.05) is 0 Å². The van der Waals surface area contributed by atoms with Gasteiger partial charge in [-0.25, -0.2) is 0 Å². The number of carboxylic acids is 2. The van der Waals surface area contributed by atoms with Crippen LogP contribution in [0.4, 0.5) is 0 Å². The molecule has 0 atom stereocenters. The Bertz CT molecular complexity index is 315. The largest absolute Gasteiger partial charge is 0.548 e. The predicted octanol–water partition coefficient (Wildman–Crippen LogP) is -0.680. The average Bonchev–Trinajstić information content (AvgIpc) is 2.61. The number of aliphatic hydroxyl groups is 2. The third kappa shape index (κ3) is 66.0. The second kappa shape index (κ2) is 31.6. The monoisotopic (exact) mass is 484 g/mol. The van der Waals surface area contributed by atoms with Crippen LogP contribution in [0.1, 0.15) is 46.5 Å². The average molecular weight is 483 g/mol. The van der Waals surface area contributed by atoms with Gasteiger partial charge in [-0.05, 0) is 0 Å². The third-order valence-corrected chi connectivity index (χ3v) is 6.11. The fourth-order valence-corrected chi connectivity index (χ4v) is 5.06. The summed E-state index contributed by atoms with van der Waals surface area (Å²) < 4.78 is 7.68. The van der Waals surface area contributed by atoms with E-state index in [2.05, 4.69) is 25.2 Å². The molecule has 2 N–H and O–H groups in total. The summed E-state index contributed by atoms with van der Waals surface area (Å²) in [5, 5.41) is 33.0. The molecule has 8 nitrogen and oxygen atoms in total. The number of carbonyl (C=O) groups excluding carboxylic acids is 3. The first-order valence-electron chi connectivity index (χ1n) is 8.29. The number of ether oxygens (including phenoxy) is 1. The van der Waals surface area contributed by atoms with E-state index >= 15 is 0 Å². The Morgan fingerprint density at radius 2 is 1.35 bits per heavy atom. The molecule has 0 saturated carbocycles. The first kappa shape index (κ1) is 32.5. The van der Waals surface area contributed by atoms with Crippen LogP contribution in [0.3, 0.4) is 0 Å². The maximum atomic E-state index is 9.93. The van der Waals surface area contributed by atoms with E-state index in [-0.39, 0.29) is 27.1 Å². The molecule has 0 aromatic heterocycles. The van der Waals surface area contributed by atoms with Crippen LogP contribution in [0, 0.1) is 0 Å². The van der Waals surface area contributed by atoms with Gasteiger partial charge in [0.25, 0.3) is 0 Å². The summed E-state index contributed by atoms with van der Waals surface area (Å²) in [6, 6.07) is 0. The Hall–Kier alpha value is -1.13. The summed E-state index contributed by atoms with van der Waals surface area (Å²) in [6.45, 7) is 7.84. The molecule has 0 heterocycles. The van der Waals surface area contributed by atoms with E-state index in [0.717, 1.165) is 0 Å². The van der Waals surface area contributed by atoms with Gasteiger partial charge < -0.3 is 34.8 Å². The van der Waals surface area contributed by atoms with Crippen molar-refractivity contribution in [3.63, 3.8) is 0 Å². The molecule has 152 valence electrons. The fraction of sp³-hybridized carbons (Fsp3) is 0.706. The van der Waals surface area contributed by atoms with Crippen molar-refractivity contribution in [2.45, 2.75) is 55.3 Å². The summed E-state index contributed by atoms with van der Waals surface area (Å²) >= 11 is 0.149.